The molecule has 1 saturated carbocycles. The molecule has 108 valence electrons. The molecule has 20 heavy (non-hydrogen) atoms. The summed E-state index contributed by atoms with van der Waals surface area (Å²) in [6.07, 6.45) is 3.02. The van der Waals surface area contributed by atoms with Gasteiger partial charge in [0.15, 0.2) is 5.79 Å². The van der Waals surface area contributed by atoms with Crippen LogP contribution in [-0.4, -0.2) is 34.9 Å². The Morgan fingerprint density at radius 1 is 1.35 bits per heavy atom. The quantitative estimate of drug-likeness (QED) is 0.838. The zero-order valence-electron chi connectivity index (χ0n) is 11.5. The number of ether oxygens (including phenoxy) is 2. The van der Waals surface area contributed by atoms with Crippen molar-refractivity contribution in [3.63, 3.8) is 0 Å². The van der Waals surface area contributed by atoms with Gasteiger partial charge in [0.2, 0.25) is 5.56 Å². The lowest BCUT2D eigenvalue weighted by Gasteiger charge is -2.21. The van der Waals surface area contributed by atoms with Gasteiger partial charge in [-0.2, -0.15) is 0 Å². The van der Waals surface area contributed by atoms with E-state index in [4.69, 9.17) is 9.47 Å². The van der Waals surface area contributed by atoms with Gasteiger partial charge in [0, 0.05) is 23.9 Å². The minimum atomic E-state index is -0.531. The topological polar surface area (TPSA) is 80.4 Å². The van der Waals surface area contributed by atoms with Gasteiger partial charge in [0.25, 0.3) is 5.91 Å². The second-order valence-corrected chi connectivity index (χ2v) is 5.80. The van der Waals surface area contributed by atoms with E-state index in [0.717, 1.165) is 12.8 Å². The maximum Gasteiger partial charge on any atom is 0.251 e. The summed E-state index contributed by atoms with van der Waals surface area (Å²) in [5.41, 5.74) is 0.0855. The fraction of sp³-hybridized carbons (Fsp3) is 0.571. The molecule has 1 saturated heterocycles. The van der Waals surface area contributed by atoms with E-state index in [0.29, 0.717) is 5.56 Å². The first-order valence-electron chi connectivity index (χ1n) is 6.78. The molecule has 0 aromatic carbocycles. The van der Waals surface area contributed by atoms with Crippen LogP contribution in [0.1, 0.15) is 37.0 Å². The Bertz CT molecular complexity index is 565. The van der Waals surface area contributed by atoms with E-state index < -0.39 is 5.79 Å². The van der Waals surface area contributed by atoms with E-state index >= 15 is 0 Å². The third kappa shape index (κ3) is 2.62. The number of carbonyl (C=O) groups is 1. The molecule has 0 bridgehead atoms. The summed E-state index contributed by atoms with van der Waals surface area (Å²) < 4.78 is 11.6. The molecule has 6 heteroatoms. The molecule has 1 aliphatic carbocycles. The summed E-state index contributed by atoms with van der Waals surface area (Å²) in [4.78, 5) is 25.7. The van der Waals surface area contributed by atoms with Crippen molar-refractivity contribution in [1.82, 2.24) is 10.3 Å². The van der Waals surface area contributed by atoms with Crippen LogP contribution in [0.4, 0.5) is 0 Å². The Morgan fingerprint density at radius 3 is 2.60 bits per heavy atom. The van der Waals surface area contributed by atoms with Crippen LogP contribution >= 0.6 is 0 Å². The second-order valence-electron chi connectivity index (χ2n) is 5.80. The Labute approximate surface area is 116 Å². The second kappa shape index (κ2) is 4.71. The lowest BCUT2D eigenvalue weighted by Crippen LogP contribution is -2.35. The zero-order chi connectivity index (χ0) is 14.3. The Kier molecular flexibility index (Phi) is 3.14. The Balaban J connectivity index is 1.61. The number of H-pyrrole nitrogens is 1. The van der Waals surface area contributed by atoms with Crippen LogP contribution < -0.4 is 10.9 Å². The fourth-order valence-corrected chi connectivity index (χ4v) is 2.94. The van der Waals surface area contributed by atoms with E-state index in [1.165, 1.54) is 12.3 Å². The van der Waals surface area contributed by atoms with Crippen molar-refractivity contribution in [2.24, 2.45) is 0 Å². The SMILES string of the molecule is CC1(C)O[C@H]2CC(NC(=O)c3cc[nH]c(=O)c3)C[C@H]2O1. The van der Waals surface area contributed by atoms with Crippen molar-refractivity contribution < 1.29 is 14.3 Å². The molecule has 2 heterocycles. The highest BCUT2D eigenvalue weighted by Crippen LogP contribution is 2.38. The summed E-state index contributed by atoms with van der Waals surface area (Å²) in [5.74, 6) is -0.767. The molecule has 2 fully saturated rings. The Morgan fingerprint density at radius 2 is 2.00 bits per heavy atom. The lowest BCUT2D eigenvalue weighted by atomic mass is 10.2. The molecule has 6 nitrogen and oxygen atoms in total. The number of nitrogens with one attached hydrogen (secondary N) is 2. The van der Waals surface area contributed by atoms with E-state index in [1.54, 1.807) is 6.07 Å². The van der Waals surface area contributed by atoms with Crippen LogP contribution in [0.2, 0.25) is 0 Å². The van der Waals surface area contributed by atoms with Crippen LogP contribution in [-0.2, 0) is 9.47 Å². The maximum absolute atomic E-state index is 12.1. The van der Waals surface area contributed by atoms with Crippen LogP contribution in [0.25, 0.3) is 0 Å². The highest BCUT2D eigenvalue weighted by Gasteiger charge is 2.47. The van der Waals surface area contributed by atoms with Crippen LogP contribution in [0.5, 0.6) is 0 Å². The fourth-order valence-electron chi connectivity index (χ4n) is 2.94. The van der Waals surface area contributed by atoms with E-state index in [1.807, 2.05) is 13.8 Å². The molecule has 2 N–H and O–H groups in total. The predicted molar refractivity (Wildman–Crippen MR) is 71.4 cm³/mol. The zero-order valence-corrected chi connectivity index (χ0v) is 11.5. The van der Waals surface area contributed by atoms with Crippen molar-refractivity contribution in [2.75, 3.05) is 0 Å². The normalized spacial score (nSPS) is 31.0. The average molecular weight is 278 g/mol. The number of amides is 1. The molecule has 2 aliphatic rings. The van der Waals surface area contributed by atoms with Crippen LogP contribution in [0, 0.1) is 0 Å². The van der Waals surface area contributed by atoms with E-state index in [-0.39, 0.29) is 29.7 Å². The van der Waals surface area contributed by atoms with Crippen molar-refractivity contribution in [3.8, 4) is 0 Å². The third-order valence-electron chi connectivity index (χ3n) is 3.69. The number of aromatic amines is 1. The number of carbonyl (C=O) groups excluding carboxylic acids is 1. The van der Waals surface area contributed by atoms with Gasteiger partial charge in [-0.1, -0.05) is 0 Å². The number of fused-ring (bicyclic) bond motifs is 1. The minimum Gasteiger partial charge on any atom is -0.349 e. The van der Waals surface area contributed by atoms with Crippen molar-refractivity contribution in [3.05, 3.63) is 34.2 Å². The van der Waals surface area contributed by atoms with Gasteiger partial charge in [-0.15, -0.1) is 0 Å². The molecule has 1 amide bonds. The van der Waals surface area contributed by atoms with Gasteiger partial charge in [-0.25, -0.2) is 0 Å². The largest absolute Gasteiger partial charge is 0.349 e. The summed E-state index contributed by atoms with van der Waals surface area (Å²) in [5, 5.41) is 2.93. The van der Waals surface area contributed by atoms with Gasteiger partial charge < -0.3 is 19.8 Å². The Hall–Kier alpha value is -1.66. The van der Waals surface area contributed by atoms with Crippen LogP contribution in [0.3, 0.4) is 0 Å². The molecular formula is C14H18N2O4. The molecule has 1 aromatic heterocycles. The lowest BCUT2D eigenvalue weighted by molar-refractivity contribution is -0.152. The predicted octanol–water partition coefficient (Wildman–Crippen LogP) is 0.787. The monoisotopic (exact) mass is 278 g/mol. The summed E-state index contributed by atoms with van der Waals surface area (Å²) >= 11 is 0. The van der Waals surface area contributed by atoms with Crippen molar-refractivity contribution in [1.29, 1.82) is 0 Å². The third-order valence-corrected chi connectivity index (χ3v) is 3.69. The smallest absolute Gasteiger partial charge is 0.251 e. The van der Waals surface area contributed by atoms with Gasteiger partial charge in [0.05, 0.1) is 12.2 Å². The highest BCUT2D eigenvalue weighted by molar-refractivity contribution is 5.94. The first-order chi connectivity index (χ1) is 9.43. The van der Waals surface area contributed by atoms with Crippen LogP contribution in [0.15, 0.2) is 23.1 Å². The van der Waals surface area contributed by atoms with Gasteiger partial charge >= 0.3 is 0 Å². The minimum absolute atomic E-state index is 0.0212. The standard InChI is InChI=1S/C14H18N2O4/c1-14(2)19-10-6-9(7-11(10)20-14)16-13(18)8-3-4-15-12(17)5-8/h3-5,9-11H,6-7H2,1-2H3,(H,15,17)(H,16,18)/t9?,10-,11+. The number of aromatic nitrogens is 1. The van der Waals surface area contributed by atoms with E-state index in [9.17, 15) is 9.59 Å². The number of rotatable bonds is 2. The van der Waals surface area contributed by atoms with Gasteiger partial charge in [0.1, 0.15) is 0 Å². The molecule has 3 rings (SSSR count). The van der Waals surface area contributed by atoms with Gasteiger partial charge in [-0.3, -0.25) is 9.59 Å². The number of hydrogen-bond acceptors (Lipinski definition) is 4. The summed E-state index contributed by atoms with van der Waals surface area (Å²) in [6.45, 7) is 3.80. The number of hydrogen-bond donors (Lipinski definition) is 2. The molecule has 0 radical (unpaired) electrons. The number of pyridine rings is 1. The molecule has 0 spiro atoms. The maximum atomic E-state index is 12.1. The summed E-state index contributed by atoms with van der Waals surface area (Å²) in [7, 11) is 0. The van der Waals surface area contributed by atoms with E-state index in [2.05, 4.69) is 10.3 Å². The van der Waals surface area contributed by atoms with Crippen molar-refractivity contribution in [2.45, 2.75) is 50.7 Å². The average Bonchev–Trinajstić information content (AvgIpc) is 2.81. The first-order valence-corrected chi connectivity index (χ1v) is 6.78. The highest BCUT2D eigenvalue weighted by atomic mass is 16.8. The molecule has 1 aliphatic heterocycles. The van der Waals surface area contributed by atoms with Gasteiger partial charge in [-0.05, 0) is 32.8 Å². The molecule has 1 unspecified atom stereocenters. The molecule has 1 aromatic rings. The van der Waals surface area contributed by atoms with Crippen molar-refractivity contribution >= 4 is 5.91 Å². The first kappa shape index (κ1) is 13.3. The summed E-state index contributed by atoms with van der Waals surface area (Å²) in [6, 6.07) is 2.90. The molecule has 3 atom stereocenters. The molecular weight excluding hydrogens is 260 g/mol.